The molecule has 3 rings (SSSR count). The Morgan fingerprint density at radius 3 is 3.11 bits per heavy atom. The van der Waals surface area contributed by atoms with Gasteiger partial charge in [0.1, 0.15) is 0 Å². The maximum absolute atomic E-state index is 5.70. The van der Waals surface area contributed by atoms with Crippen molar-refractivity contribution in [1.29, 1.82) is 0 Å². The van der Waals surface area contributed by atoms with Gasteiger partial charge in [-0.1, -0.05) is 12.1 Å². The zero-order valence-electron chi connectivity index (χ0n) is 11.6. The van der Waals surface area contributed by atoms with Crippen LogP contribution in [-0.4, -0.2) is 24.3 Å². The molecule has 1 aromatic heterocycles. The minimum absolute atomic E-state index is 0.470. The molecule has 1 saturated heterocycles. The number of hydrogen-bond acceptors (Lipinski definition) is 2. The summed E-state index contributed by atoms with van der Waals surface area (Å²) in [6, 6.07) is 8.91. The van der Waals surface area contributed by atoms with Gasteiger partial charge in [0.05, 0.1) is 6.10 Å². The zero-order valence-corrected chi connectivity index (χ0v) is 11.6. The number of aryl methyl sites for hydroxylation is 1. The van der Waals surface area contributed by atoms with Gasteiger partial charge in [-0.15, -0.1) is 0 Å². The second-order valence-corrected chi connectivity index (χ2v) is 5.36. The fourth-order valence-electron chi connectivity index (χ4n) is 2.89. The third-order valence-corrected chi connectivity index (χ3v) is 3.94. The normalized spacial score (nSPS) is 19.3. The van der Waals surface area contributed by atoms with Crippen molar-refractivity contribution in [2.45, 2.75) is 38.5 Å². The van der Waals surface area contributed by atoms with Crippen LogP contribution in [0.4, 0.5) is 0 Å². The van der Waals surface area contributed by atoms with Crippen LogP contribution in [0.5, 0.6) is 0 Å². The monoisotopic (exact) mass is 258 g/mol. The molecule has 0 radical (unpaired) electrons. The van der Waals surface area contributed by atoms with Gasteiger partial charge in [0.25, 0.3) is 0 Å². The number of hydrogen-bond donors (Lipinski definition) is 1. The lowest BCUT2D eigenvalue weighted by atomic mass is 10.1. The highest BCUT2D eigenvalue weighted by Gasteiger charge is 2.15. The fraction of sp³-hybridized carbons (Fsp3) is 0.500. The minimum atomic E-state index is 0.470. The molecule has 1 aliphatic rings. The number of fused-ring (bicyclic) bond motifs is 1. The van der Waals surface area contributed by atoms with Gasteiger partial charge in [0.15, 0.2) is 0 Å². The van der Waals surface area contributed by atoms with Crippen LogP contribution < -0.4 is 5.32 Å². The Morgan fingerprint density at radius 1 is 1.37 bits per heavy atom. The molecule has 1 atom stereocenters. The van der Waals surface area contributed by atoms with Gasteiger partial charge in [0, 0.05) is 31.4 Å². The molecular formula is C16H22N2O. The summed E-state index contributed by atoms with van der Waals surface area (Å²) in [6.45, 7) is 2.92. The second-order valence-electron chi connectivity index (χ2n) is 5.36. The molecule has 1 aliphatic heterocycles. The molecule has 2 aromatic rings. The van der Waals surface area contributed by atoms with Gasteiger partial charge in [-0.05, 0) is 49.4 Å². The SMILES string of the molecule is CNCc1ccc2ccn(CCC3CCCO3)c2c1. The summed E-state index contributed by atoms with van der Waals surface area (Å²) in [4.78, 5) is 0. The second kappa shape index (κ2) is 5.76. The zero-order chi connectivity index (χ0) is 13.1. The first kappa shape index (κ1) is 12.7. The van der Waals surface area contributed by atoms with Crippen molar-refractivity contribution < 1.29 is 4.74 Å². The van der Waals surface area contributed by atoms with Crippen molar-refractivity contribution in [2.75, 3.05) is 13.7 Å². The van der Waals surface area contributed by atoms with Crippen LogP contribution in [0.1, 0.15) is 24.8 Å². The number of aromatic nitrogens is 1. The van der Waals surface area contributed by atoms with E-state index in [-0.39, 0.29) is 0 Å². The summed E-state index contributed by atoms with van der Waals surface area (Å²) in [5, 5.41) is 4.53. The largest absolute Gasteiger partial charge is 0.378 e. The van der Waals surface area contributed by atoms with Crippen molar-refractivity contribution in [3.63, 3.8) is 0 Å². The highest BCUT2D eigenvalue weighted by atomic mass is 16.5. The van der Waals surface area contributed by atoms with Crippen LogP contribution >= 0.6 is 0 Å². The van der Waals surface area contributed by atoms with Crippen molar-refractivity contribution >= 4 is 10.9 Å². The Labute approximate surface area is 114 Å². The third-order valence-electron chi connectivity index (χ3n) is 3.94. The van der Waals surface area contributed by atoms with Crippen LogP contribution in [0.15, 0.2) is 30.5 Å². The molecule has 0 amide bonds. The summed E-state index contributed by atoms with van der Waals surface area (Å²) in [5.74, 6) is 0. The van der Waals surface area contributed by atoms with Crippen LogP contribution in [0, 0.1) is 0 Å². The molecule has 3 nitrogen and oxygen atoms in total. The lowest BCUT2D eigenvalue weighted by molar-refractivity contribution is 0.101. The van der Waals surface area contributed by atoms with Gasteiger partial charge in [-0.3, -0.25) is 0 Å². The van der Waals surface area contributed by atoms with Crippen molar-refractivity contribution in [3.8, 4) is 0 Å². The summed E-state index contributed by atoms with van der Waals surface area (Å²) < 4.78 is 8.06. The fourth-order valence-corrected chi connectivity index (χ4v) is 2.89. The Kier molecular flexibility index (Phi) is 3.85. The van der Waals surface area contributed by atoms with E-state index >= 15 is 0 Å². The predicted molar refractivity (Wildman–Crippen MR) is 78.3 cm³/mol. The molecule has 0 aliphatic carbocycles. The summed E-state index contributed by atoms with van der Waals surface area (Å²) in [5.41, 5.74) is 2.68. The first-order valence-electron chi connectivity index (χ1n) is 7.21. The molecule has 0 saturated carbocycles. The van der Waals surface area contributed by atoms with E-state index in [4.69, 9.17) is 4.74 Å². The van der Waals surface area contributed by atoms with Gasteiger partial charge in [-0.2, -0.15) is 0 Å². The number of ether oxygens (including phenoxy) is 1. The average molecular weight is 258 g/mol. The van der Waals surface area contributed by atoms with Gasteiger partial charge >= 0.3 is 0 Å². The Balaban J connectivity index is 1.76. The standard InChI is InChI=1S/C16H22N2O/c1-17-12-13-4-5-14-6-8-18(16(14)11-13)9-7-15-3-2-10-19-15/h4-6,8,11,15,17H,2-3,7,9-10,12H2,1H3. The molecular weight excluding hydrogens is 236 g/mol. The van der Waals surface area contributed by atoms with E-state index in [1.807, 2.05) is 7.05 Å². The molecule has 19 heavy (non-hydrogen) atoms. The Morgan fingerprint density at radius 2 is 2.32 bits per heavy atom. The first-order valence-corrected chi connectivity index (χ1v) is 7.21. The van der Waals surface area contributed by atoms with Gasteiger partial charge < -0.3 is 14.6 Å². The van der Waals surface area contributed by atoms with Crippen LogP contribution in [-0.2, 0) is 17.8 Å². The molecule has 1 N–H and O–H groups in total. The van der Waals surface area contributed by atoms with Gasteiger partial charge in [0.2, 0.25) is 0 Å². The van der Waals surface area contributed by atoms with Gasteiger partial charge in [-0.25, -0.2) is 0 Å². The van der Waals surface area contributed by atoms with Crippen LogP contribution in [0.3, 0.4) is 0 Å². The number of nitrogens with one attached hydrogen (secondary N) is 1. The molecule has 102 valence electrons. The van der Waals surface area contributed by atoms with Crippen LogP contribution in [0.2, 0.25) is 0 Å². The van der Waals surface area contributed by atoms with E-state index in [0.717, 1.165) is 26.1 Å². The van der Waals surface area contributed by atoms with E-state index in [2.05, 4.69) is 40.3 Å². The van der Waals surface area contributed by atoms with E-state index < -0.39 is 0 Å². The highest BCUT2D eigenvalue weighted by Crippen LogP contribution is 2.21. The van der Waals surface area contributed by atoms with E-state index in [1.54, 1.807) is 0 Å². The summed E-state index contributed by atoms with van der Waals surface area (Å²) in [7, 11) is 1.99. The minimum Gasteiger partial charge on any atom is -0.378 e. The average Bonchev–Trinajstić information content (AvgIpc) is 3.05. The lowest BCUT2D eigenvalue weighted by Gasteiger charge is -2.11. The lowest BCUT2D eigenvalue weighted by Crippen LogP contribution is -2.09. The molecule has 2 heterocycles. The predicted octanol–water partition coefficient (Wildman–Crippen LogP) is 2.93. The maximum Gasteiger partial charge on any atom is 0.0593 e. The van der Waals surface area contributed by atoms with Crippen molar-refractivity contribution in [3.05, 3.63) is 36.0 Å². The van der Waals surface area contributed by atoms with E-state index in [1.165, 1.54) is 29.3 Å². The number of nitrogens with zero attached hydrogens (tertiary/aromatic N) is 1. The van der Waals surface area contributed by atoms with E-state index in [9.17, 15) is 0 Å². The molecule has 1 aromatic carbocycles. The number of rotatable bonds is 5. The van der Waals surface area contributed by atoms with Crippen molar-refractivity contribution in [1.82, 2.24) is 9.88 Å². The molecule has 3 heteroatoms. The Hall–Kier alpha value is -1.32. The maximum atomic E-state index is 5.70. The first-order chi connectivity index (χ1) is 9.36. The summed E-state index contributed by atoms with van der Waals surface area (Å²) >= 11 is 0. The molecule has 1 fully saturated rings. The van der Waals surface area contributed by atoms with E-state index in [0.29, 0.717) is 6.10 Å². The smallest absolute Gasteiger partial charge is 0.0593 e. The topological polar surface area (TPSA) is 26.2 Å². The van der Waals surface area contributed by atoms with Crippen molar-refractivity contribution in [2.24, 2.45) is 0 Å². The highest BCUT2D eigenvalue weighted by molar-refractivity contribution is 5.80. The third kappa shape index (κ3) is 2.82. The quantitative estimate of drug-likeness (QED) is 0.892. The number of benzene rings is 1. The van der Waals surface area contributed by atoms with Crippen LogP contribution in [0.25, 0.3) is 10.9 Å². The molecule has 1 unspecified atom stereocenters. The molecule has 0 bridgehead atoms. The summed E-state index contributed by atoms with van der Waals surface area (Å²) in [6.07, 6.45) is 6.24. The Bertz CT molecular complexity index is 541. The molecule has 0 spiro atoms.